The van der Waals surface area contributed by atoms with Crippen LogP contribution in [0.2, 0.25) is 0 Å². The number of anilines is 1. The van der Waals surface area contributed by atoms with Gasteiger partial charge in [-0.15, -0.1) is 0 Å². The molecule has 13 heteroatoms. The summed E-state index contributed by atoms with van der Waals surface area (Å²) in [4.78, 5) is 18.3. The van der Waals surface area contributed by atoms with E-state index in [4.69, 9.17) is 4.52 Å². The average molecular weight is 527 g/mol. The highest BCUT2D eigenvalue weighted by molar-refractivity contribution is 8.00. The summed E-state index contributed by atoms with van der Waals surface area (Å²) in [5, 5.41) is 9.75. The molecule has 1 saturated carbocycles. The van der Waals surface area contributed by atoms with Crippen LogP contribution in [0.25, 0.3) is 16.9 Å². The van der Waals surface area contributed by atoms with Crippen LogP contribution in [0.3, 0.4) is 0 Å². The fraction of sp³-hybridized carbons (Fsp3) is 0.522. The molecule has 0 radical (unpaired) electrons. The second-order valence-electron chi connectivity index (χ2n) is 9.37. The maximum absolute atomic E-state index is 14.7. The first-order valence-corrected chi connectivity index (χ1v) is 12.5. The van der Waals surface area contributed by atoms with Gasteiger partial charge in [0.2, 0.25) is 17.6 Å². The van der Waals surface area contributed by atoms with E-state index in [9.17, 15) is 22.4 Å². The third-order valence-corrected chi connectivity index (χ3v) is 7.26. The molecule has 3 aromatic rings. The van der Waals surface area contributed by atoms with Gasteiger partial charge >= 0.3 is 5.51 Å². The van der Waals surface area contributed by atoms with Crippen LogP contribution in [0.4, 0.5) is 23.2 Å². The molecule has 2 aliphatic rings. The number of aromatic nitrogens is 3. The molecule has 36 heavy (non-hydrogen) atoms. The van der Waals surface area contributed by atoms with Crippen LogP contribution in [0, 0.1) is 5.92 Å². The predicted octanol–water partition coefficient (Wildman–Crippen LogP) is 4.64. The molecule has 1 aliphatic heterocycles. The van der Waals surface area contributed by atoms with Gasteiger partial charge in [-0.05, 0) is 51.4 Å². The molecule has 3 atom stereocenters. The number of hydrogen-bond donors (Lipinski definition) is 2. The van der Waals surface area contributed by atoms with Gasteiger partial charge in [0.05, 0.1) is 27.8 Å². The van der Waals surface area contributed by atoms with E-state index in [-0.39, 0.29) is 52.4 Å². The van der Waals surface area contributed by atoms with E-state index in [1.807, 2.05) is 11.9 Å². The molecular weight excluding hydrogens is 500 g/mol. The number of piperidine rings is 1. The second kappa shape index (κ2) is 9.58. The standard InChI is InChI=1S/C23H26F4N6O2S/c1-12(28-20(34)13-5-6-13)21-30-19(31-35-21)14-10-18-17(29-16-7-9-32(2)11-15(16)24)4-3-8-33(18)22(14)36-23(25,26)27/h3-4,8,10,12-13,15-16,29H,5-7,9,11H2,1-2H3,(H,28,34)/t12-,15+,16-/m1/s1. The molecule has 2 N–H and O–H groups in total. The first-order valence-electron chi connectivity index (χ1n) is 11.7. The maximum atomic E-state index is 14.7. The van der Waals surface area contributed by atoms with E-state index < -0.39 is 23.8 Å². The number of nitrogens with zero attached hydrogens (tertiary/aromatic N) is 4. The van der Waals surface area contributed by atoms with Crippen LogP contribution >= 0.6 is 11.8 Å². The van der Waals surface area contributed by atoms with Gasteiger partial charge in [-0.2, -0.15) is 18.2 Å². The van der Waals surface area contributed by atoms with Gasteiger partial charge in [0.1, 0.15) is 12.2 Å². The van der Waals surface area contributed by atoms with Crippen molar-refractivity contribution in [3.05, 3.63) is 30.3 Å². The van der Waals surface area contributed by atoms with E-state index in [0.717, 1.165) is 12.8 Å². The molecule has 0 unspecified atom stereocenters. The SMILES string of the molecule is C[C@@H](NC(=O)C1CC1)c1nc(-c2cc3c(N[C@@H]4CCN(C)C[C@@H]4F)cccn3c2SC(F)(F)F)no1. The van der Waals surface area contributed by atoms with Crippen LogP contribution < -0.4 is 10.6 Å². The Morgan fingerprint density at radius 2 is 2.08 bits per heavy atom. The highest BCUT2D eigenvalue weighted by Crippen LogP contribution is 2.44. The van der Waals surface area contributed by atoms with Crippen molar-refractivity contribution in [1.29, 1.82) is 0 Å². The average Bonchev–Trinajstić information content (AvgIpc) is 3.44. The molecule has 1 amide bonds. The quantitative estimate of drug-likeness (QED) is 0.343. The van der Waals surface area contributed by atoms with E-state index in [1.54, 1.807) is 25.1 Å². The summed E-state index contributed by atoms with van der Waals surface area (Å²) in [5.41, 5.74) is -3.49. The lowest BCUT2D eigenvalue weighted by atomic mass is 10.0. The Bertz CT molecular complexity index is 1260. The summed E-state index contributed by atoms with van der Waals surface area (Å²) >= 11 is -0.283. The van der Waals surface area contributed by atoms with Gasteiger partial charge in [-0.25, -0.2) is 4.39 Å². The molecule has 1 aliphatic carbocycles. The van der Waals surface area contributed by atoms with Crippen molar-refractivity contribution in [2.75, 3.05) is 25.5 Å². The molecular formula is C23H26F4N6O2S. The Morgan fingerprint density at radius 3 is 2.78 bits per heavy atom. The second-order valence-corrected chi connectivity index (χ2v) is 10.4. The van der Waals surface area contributed by atoms with Crippen molar-refractivity contribution in [3.63, 3.8) is 0 Å². The summed E-state index contributed by atoms with van der Waals surface area (Å²) < 4.78 is 61.9. The minimum Gasteiger partial charge on any atom is -0.378 e. The number of nitrogens with one attached hydrogen (secondary N) is 2. The number of carbonyl (C=O) groups is 1. The normalized spacial score (nSPS) is 22.1. The minimum atomic E-state index is -4.57. The molecule has 2 fully saturated rings. The summed E-state index contributed by atoms with van der Waals surface area (Å²) in [7, 11) is 1.85. The maximum Gasteiger partial charge on any atom is 0.447 e. The molecule has 4 heterocycles. The van der Waals surface area contributed by atoms with E-state index >= 15 is 0 Å². The Kier molecular flexibility index (Phi) is 6.62. The topological polar surface area (TPSA) is 87.7 Å². The van der Waals surface area contributed by atoms with Crippen LogP contribution in [-0.4, -0.2) is 63.2 Å². The fourth-order valence-corrected chi connectivity index (χ4v) is 5.08. The lowest BCUT2D eigenvalue weighted by Crippen LogP contribution is -2.46. The zero-order valence-corrected chi connectivity index (χ0v) is 20.5. The first-order chi connectivity index (χ1) is 17.1. The number of fused-ring (bicyclic) bond motifs is 1. The summed E-state index contributed by atoms with van der Waals surface area (Å²) in [6.07, 6.45) is 2.63. The third-order valence-electron chi connectivity index (χ3n) is 6.42. The number of carbonyl (C=O) groups excluding carboxylic acids is 1. The Labute approximate surface area is 208 Å². The molecule has 5 rings (SSSR count). The van der Waals surface area contributed by atoms with Gasteiger partial charge in [-0.3, -0.25) is 4.79 Å². The smallest absolute Gasteiger partial charge is 0.378 e. The van der Waals surface area contributed by atoms with Gasteiger partial charge in [0, 0.05) is 37.0 Å². The lowest BCUT2D eigenvalue weighted by molar-refractivity contribution is -0.123. The first kappa shape index (κ1) is 24.9. The fourth-order valence-electron chi connectivity index (χ4n) is 4.35. The Balaban J connectivity index is 1.48. The minimum absolute atomic E-state index is 0.0131. The molecule has 0 spiro atoms. The number of halogens is 4. The van der Waals surface area contributed by atoms with Crippen LogP contribution in [-0.2, 0) is 4.79 Å². The monoisotopic (exact) mass is 526 g/mol. The third kappa shape index (κ3) is 5.31. The van der Waals surface area contributed by atoms with Crippen molar-refractivity contribution in [2.24, 2.45) is 5.92 Å². The van der Waals surface area contributed by atoms with Crippen LogP contribution in [0.1, 0.15) is 38.1 Å². The number of hydrogen-bond acceptors (Lipinski definition) is 7. The number of likely N-dealkylation sites (tertiary alicyclic amines) is 1. The van der Waals surface area contributed by atoms with Crippen LogP contribution in [0.15, 0.2) is 33.9 Å². The largest absolute Gasteiger partial charge is 0.447 e. The number of pyridine rings is 1. The van der Waals surface area contributed by atoms with Crippen LogP contribution in [0.5, 0.6) is 0 Å². The highest BCUT2D eigenvalue weighted by atomic mass is 32.2. The van der Waals surface area contributed by atoms with E-state index in [1.165, 1.54) is 10.6 Å². The number of alkyl halides is 4. The van der Waals surface area contributed by atoms with Crippen molar-refractivity contribution in [3.8, 4) is 11.4 Å². The highest BCUT2D eigenvalue weighted by Gasteiger charge is 2.35. The number of amides is 1. The summed E-state index contributed by atoms with van der Waals surface area (Å²) in [6.45, 7) is 2.67. The molecule has 8 nitrogen and oxygen atoms in total. The van der Waals surface area contributed by atoms with Crippen molar-refractivity contribution in [2.45, 2.75) is 55.0 Å². The molecule has 1 saturated heterocycles. The molecule has 0 bridgehead atoms. The zero-order chi connectivity index (χ0) is 25.6. The molecule has 0 aromatic carbocycles. The van der Waals surface area contributed by atoms with Crippen molar-refractivity contribution >= 4 is 28.9 Å². The van der Waals surface area contributed by atoms with Gasteiger partial charge in [0.15, 0.2) is 0 Å². The Morgan fingerprint density at radius 1 is 1.31 bits per heavy atom. The van der Waals surface area contributed by atoms with Gasteiger partial charge in [0.25, 0.3) is 0 Å². The van der Waals surface area contributed by atoms with Gasteiger partial charge < -0.3 is 24.5 Å². The lowest BCUT2D eigenvalue weighted by Gasteiger charge is -2.33. The van der Waals surface area contributed by atoms with Crippen molar-refractivity contribution in [1.82, 2.24) is 24.8 Å². The zero-order valence-electron chi connectivity index (χ0n) is 19.7. The molecule has 3 aromatic heterocycles. The van der Waals surface area contributed by atoms with E-state index in [0.29, 0.717) is 24.2 Å². The Hall–Kier alpha value is -2.80. The summed E-state index contributed by atoms with van der Waals surface area (Å²) in [6, 6.07) is 3.82. The van der Waals surface area contributed by atoms with Gasteiger partial charge in [-0.1, -0.05) is 5.16 Å². The van der Waals surface area contributed by atoms with E-state index in [2.05, 4.69) is 20.8 Å². The number of thioether (sulfide) groups is 1. The summed E-state index contributed by atoms with van der Waals surface area (Å²) in [5.74, 6) is -0.0505. The molecule has 194 valence electrons. The predicted molar refractivity (Wildman–Crippen MR) is 126 cm³/mol. The number of rotatable bonds is 7. The van der Waals surface area contributed by atoms with Crippen molar-refractivity contribution < 1.29 is 26.9 Å².